The Kier molecular flexibility index (Phi) is 10.9. The lowest BCUT2D eigenvalue weighted by atomic mass is 10.0. The molecule has 1 aliphatic rings. The van der Waals surface area contributed by atoms with Crippen LogP contribution in [0.25, 0.3) is 0 Å². The minimum absolute atomic E-state index is 0. The molecule has 1 unspecified atom stereocenters. The number of carbonyl (C=O) groups excluding carboxylic acids is 2. The van der Waals surface area contributed by atoms with Crippen LogP contribution in [0.5, 0.6) is 0 Å². The average Bonchev–Trinajstić information content (AvgIpc) is 2.73. The average molecular weight is 438 g/mol. The summed E-state index contributed by atoms with van der Waals surface area (Å²) in [5, 5.41) is 2.97. The molecule has 1 N–H and O–H groups in total. The van der Waals surface area contributed by atoms with Crippen LogP contribution in [-0.2, 0) is 11.3 Å². The quantitative estimate of drug-likeness (QED) is 0.676. The van der Waals surface area contributed by atoms with Crippen molar-refractivity contribution in [2.75, 3.05) is 32.7 Å². The minimum Gasteiger partial charge on any atom is -0.351 e. The predicted molar refractivity (Wildman–Crippen MR) is 121 cm³/mol. The highest BCUT2D eigenvalue weighted by atomic mass is 35.5. The summed E-state index contributed by atoms with van der Waals surface area (Å²) in [6, 6.07) is 19.2. The number of amides is 1. The lowest BCUT2D eigenvalue weighted by molar-refractivity contribution is -0.122. The van der Waals surface area contributed by atoms with E-state index in [1.54, 1.807) is 0 Å². The van der Waals surface area contributed by atoms with Crippen molar-refractivity contribution in [3.05, 3.63) is 71.8 Å². The van der Waals surface area contributed by atoms with Crippen molar-refractivity contribution < 1.29 is 9.59 Å². The molecule has 0 spiro atoms. The second-order valence-corrected chi connectivity index (χ2v) is 6.98. The number of rotatable bonds is 7. The maximum absolute atomic E-state index is 12.6. The first kappa shape index (κ1) is 25.1. The lowest BCUT2D eigenvalue weighted by Gasteiger charge is -2.37. The van der Waals surface area contributed by atoms with Crippen molar-refractivity contribution in [1.29, 1.82) is 0 Å². The van der Waals surface area contributed by atoms with Crippen molar-refractivity contribution in [1.82, 2.24) is 15.1 Å². The van der Waals surface area contributed by atoms with Gasteiger partial charge in [-0.05, 0) is 12.5 Å². The van der Waals surface area contributed by atoms with Gasteiger partial charge in [0.1, 0.15) is 0 Å². The molecule has 1 aliphatic heterocycles. The van der Waals surface area contributed by atoms with Crippen LogP contribution in [0.1, 0.15) is 22.8 Å². The van der Waals surface area contributed by atoms with Crippen LogP contribution < -0.4 is 5.32 Å². The second kappa shape index (κ2) is 12.6. The van der Waals surface area contributed by atoms with Gasteiger partial charge in [0.15, 0.2) is 5.78 Å². The van der Waals surface area contributed by atoms with E-state index in [4.69, 9.17) is 0 Å². The van der Waals surface area contributed by atoms with Crippen molar-refractivity contribution in [2.24, 2.45) is 0 Å². The van der Waals surface area contributed by atoms with Crippen LogP contribution in [-0.4, -0.2) is 60.3 Å². The van der Waals surface area contributed by atoms with E-state index in [1.807, 2.05) is 67.6 Å². The summed E-state index contributed by atoms with van der Waals surface area (Å²) in [4.78, 5) is 29.1. The van der Waals surface area contributed by atoms with E-state index in [0.717, 1.165) is 37.3 Å². The van der Waals surface area contributed by atoms with E-state index in [-0.39, 0.29) is 42.5 Å². The van der Waals surface area contributed by atoms with Gasteiger partial charge in [-0.2, -0.15) is 0 Å². The zero-order chi connectivity index (χ0) is 19.1. The Bertz CT molecular complexity index is 751. The molecule has 1 heterocycles. The molecular formula is C22H29Cl2N3O2. The Hall–Kier alpha value is -1.92. The van der Waals surface area contributed by atoms with Gasteiger partial charge in [-0.25, -0.2) is 0 Å². The molecule has 0 saturated carbocycles. The van der Waals surface area contributed by atoms with Gasteiger partial charge in [0, 0.05) is 38.3 Å². The molecule has 1 saturated heterocycles. The fraction of sp³-hybridized carbons (Fsp3) is 0.364. The summed E-state index contributed by atoms with van der Waals surface area (Å²) >= 11 is 0. The maximum atomic E-state index is 12.6. The molecule has 29 heavy (non-hydrogen) atoms. The number of benzene rings is 2. The fourth-order valence-electron chi connectivity index (χ4n) is 3.37. The summed E-state index contributed by atoms with van der Waals surface area (Å²) in [6.07, 6.45) is 0. The fourth-order valence-corrected chi connectivity index (χ4v) is 3.37. The Morgan fingerprint density at radius 1 is 0.897 bits per heavy atom. The van der Waals surface area contributed by atoms with Gasteiger partial charge in [0.25, 0.3) is 0 Å². The number of piperazine rings is 1. The molecule has 3 rings (SSSR count). The van der Waals surface area contributed by atoms with Gasteiger partial charge in [-0.15, -0.1) is 24.8 Å². The van der Waals surface area contributed by atoms with Crippen molar-refractivity contribution >= 4 is 36.5 Å². The molecule has 0 aliphatic carbocycles. The molecular weight excluding hydrogens is 409 g/mol. The van der Waals surface area contributed by atoms with E-state index in [0.29, 0.717) is 13.1 Å². The number of nitrogens with one attached hydrogen (secondary N) is 1. The third-order valence-corrected chi connectivity index (χ3v) is 5.09. The number of nitrogens with zero attached hydrogens (tertiary/aromatic N) is 2. The second-order valence-electron chi connectivity index (χ2n) is 6.98. The molecule has 5 nitrogen and oxygen atoms in total. The molecule has 0 bridgehead atoms. The Morgan fingerprint density at radius 3 is 2.03 bits per heavy atom. The number of halogens is 2. The zero-order valence-electron chi connectivity index (χ0n) is 16.6. The molecule has 0 radical (unpaired) electrons. The molecule has 1 atom stereocenters. The van der Waals surface area contributed by atoms with Crippen molar-refractivity contribution in [3.8, 4) is 0 Å². The number of ketones is 1. The van der Waals surface area contributed by atoms with E-state index < -0.39 is 0 Å². The first-order chi connectivity index (χ1) is 13.1. The van der Waals surface area contributed by atoms with Gasteiger partial charge in [-0.1, -0.05) is 60.7 Å². The van der Waals surface area contributed by atoms with Crippen molar-refractivity contribution in [2.45, 2.75) is 19.5 Å². The molecule has 7 heteroatoms. The highest BCUT2D eigenvalue weighted by Gasteiger charge is 2.26. The Balaban J connectivity index is 0.00000210. The van der Waals surface area contributed by atoms with Gasteiger partial charge in [0.05, 0.1) is 12.6 Å². The van der Waals surface area contributed by atoms with Crippen LogP contribution >= 0.6 is 24.8 Å². The smallest absolute Gasteiger partial charge is 0.234 e. The highest BCUT2D eigenvalue weighted by molar-refractivity contribution is 5.99. The van der Waals surface area contributed by atoms with E-state index in [1.165, 1.54) is 0 Å². The molecule has 1 amide bonds. The first-order valence-corrected chi connectivity index (χ1v) is 9.50. The SMILES string of the molecule is CC(C(=O)c1ccccc1)N1CCN(CC(=O)NCc2ccccc2)CC1.Cl.Cl. The summed E-state index contributed by atoms with van der Waals surface area (Å²) in [7, 11) is 0. The van der Waals surface area contributed by atoms with Crippen molar-refractivity contribution in [3.63, 3.8) is 0 Å². The lowest BCUT2D eigenvalue weighted by Crippen LogP contribution is -2.53. The largest absolute Gasteiger partial charge is 0.351 e. The molecule has 1 fully saturated rings. The van der Waals surface area contributed by atoms with E-state index in [2.05, 4.69) is 15.1 Å². The van der Waals surface area contributed by atoms with Crippen LogP contribution in [0, 0.1) is 0 Å². The van der Waals surface area contributed by atoms with E-state index >= 15 is 0 Å². The summed E-state index contributed by atoms with van der Waals surface area (Å²) in [6.45, 7) is 6.12. The van der Waals surface area contributed by atoms with Gasteiger partial charge in [0.2, 0.25) is 5.91 Å². The molecule has 0 aromatic heterocycles. The highest BCUT2D eigenvalue weighted by Crippen LogP contribution is 2.12. The van der Waals surface area contributed by atoms with Gasteiger partial charge < -0.3 is 5.32 Å². The van der Waals surface area contributed by atoms with Gasteiger partial charge in [-0.3, -0.25) is 19.4 Å². The first-order valence-electron chi connectivity index (χ1n) is 9.50. The normalized spacial score (nSPS) is 15.5. The third kappa shape index (κ3) is 7.44. The maximum Gasteiger partial charge on any atom is 0.234 e. The van der Waals surface area contributed by atoms with Crippen LogP contribution in [0.15, 0.2) is 60.7 Å². The summed E-state index contributed by atoms with van der Waals surface area (Å²) in [5.74, 6) is 0.199. The molecule has 158 valence electrons. The van der Waals surface area contributed by atoms with Crippen LogP contribution in [0.2, 0.25) is 0 Å². The standard InChI is InChI=1S/C22H27N3O2.2ClH/c1-18(22(27)20-10-6-3-7-11-20)25-14-12-24(13-15-25)17-21(26)23-16-19-8-4-2-5-9-19;;/h2-11,18H,12-17H2,1H3,(H,23,26);2*1H. The van der Waals surface area contributed by atoms with E-state index in [9.17, 15) is 9.59 Å². The van der Waals surface area contributed by atoms with Gasteiger partial charge >= 0.3 is 0 Å². The Morgan fingerprint density at radius 2 is 1.45 bits per heavy atom. The van der Waals surface area contributed by atoms with Crippen LogP contribution in [0.4, 0.5) is 0 Å². The Labute approximate surface area is 185 Å². The predicted octanol–water partition coefficient (Wildman–Crippen LogP) is 3.04. The summed E-state index contributed by atoms with van der Waals surface area (Å²) in [5.41, 5.74) is 1.86. The topological polar surface area (TPSA) is 52.7 Å². The molecule has 2 aromatic rings. The molecule has 2 aromatic carbocycles. The van der Waals surface area contributed by atoms with Crippen LogP contribution in [0.3, 0.4) is 0 Å². The third-order valence-electron chi connectivity index (χ3n) is 5.09. The monoisotopic (exact) mass is 437 g/mol. The number of hydrogen-bond donors (Lipinski definition) is 1. The number of carbonyl (C=O) groups is 2. The summed E-state index contributed by atoms with van der Waals surface area (Å²) < 4.78 is 0. The minimum atomic E-state index is -0.138. The number of hydrogen-bond acceptors (Lipinski definition) is 4. The zero-order valence-corrected chi connectivity index (χ0v) is 18.3. The number of Topliss-reactive ketones (excluding diaryl/α,β-unsaturated/α-hetero) is 1.